The molecule has 1 aromatic carbocycles. The fourth-order valence-electron chi connectivity index (χ4n) is 2.87. The Balaban J connectivity index is 3.63. The summed E-state index contributed by atoms with van der Waals surface area (Å²) in [7, 11) is 0. The first-order valence-corrected chi connectivity index (χ1v) is 10.1. The van der Waals surface area contributed by atoms with E-state index in [0.717, 1.165) is 10.5 Å². The van der Waals surface area contributed by atoms with E-state index in [4.69, 9.17) is 14.2 Å². The average Bonchev–Trinajstić information content (AvgIpc) is 2.58. The molecule has 0 aliphatic heterocycles. The molecular weight excluding hydrogens is 386 g/mol. The maximum Gasteiger partial charge on any atom is 0.420 e. The number of imide groups is 1. The van der Waals surface area contributed by atoms with E-state index in [9.17, 15) is 14.4 Å². The maximum atomic E-state index is 13.2. The van der Waals surface area contributed by atoms with Crippen LogP contribution >= 0.6 is 0 Å². The van der Waals surface area contributed by atoms with E-state index >= 15 is 0 Å². The number of nitrogens with zero attached hydrogens (tertiary/aromatic N) is 1. The van der Waals surface area contributed by atoms with Gasteiger partial charge in [0.15, 0.2) is 5.54 Å². The second-order valence-electron chi connectivity index (χ2n) is 9.30. The Labute approximate surface area is 179 Å². The standard InChI is InChI=1S/C23H35NO6/c1-10-28-18(25)23(9,16(2)17-14-12-11-13-15-17)24(19(26)29-21(3,4)5)20(27)30-22(6,7)8/h11-16H,10H2,1-9H3/t16-,23-/m1/s1. The molecule has 0 unspecified atom stereocenters. The molecule has 0 N–H and O–H groups in total. The number of amides is 2. The highest BCUT2D eigenvalue weighted by Crippen LogP contribution is 2.36. The van der Waals surface area contributed by atoms with Gasteiger partial charge in [-0.25, -0.2) is 14.4 Å². The summed E-state index contributed by atoms with van der Waals surface area (Å²) >= 11 is 0. The molecule has 7 nitrogen and oxygen atoms in total. The Morgan fingerprint density at radius 3 is 1.67 bits per heavy atom. The molecule has 2 amide bonds. The summed E-state index contributed by atoms with van der Waals surface area (Å²) in [6.45, 7) is 15.1. The molecule has 30 heavy (non-hydrogen) atoms. The van der Waals surface area contributed by atoms with Gasteiger partial charge in [-0.1, -0.05) is 37.3 Å². The van der Waals surface area contributed by atoms with Crippen LogP contribution < -0.4 is 0 Å². The second kappa shape index (κ2) is 9.49. The van der Waals surface area contributed by atoms with E-state index in [1.54, 1.807) is 55.4 Å². The monoisotopic (exact) mass is 421 g/mol. The minimum Gasteiger partial charge on any atom is -0.464 e. The van der Waals surface area contributed by atoms with Crippen molar-refractivity contribution >= 4 is 18.2 Å². The molecule has 168 valence electrons. The van der Waals surface area contributed by atoms with Crippen LogP contribution in [0.25, 0.3) is 0 Å². The van der Waals surface area contributed by atoms with Crippen LogP contribution in [0.15, 0.2) is 30.3 Å². The van der Waals surface area contributed by atoms with Crippen molar-refractivity contribution in [3.05, 3.63) is 35.9 Å². The fourth-order valence-corrected chi connectivity index (χ4v) is 2.87. The van der Waals surface area contributed by atoms with Gasteiger partial charge in [-0.3, -0.25) is 0 Å². The van der Waals surface area contributed by atoms with Crippen molar-refractivity contribution in [3.63, 3.8) is 0 Å². The highest BCUT2D eigenvalue weighted by atomic mass is 16.6. The van der Waals surface area contributed by atoms with E-state index in [1.165, 1.54) is 6.92 Å². The first kappa shape index (κ1) is 25.5. The molecular formula is C23H35NO6. The van der Waals surface area contributed by atoms with Gasteiger partial charge in [0.05, 0.1) is 6.61 Å². The van der Waals surface area contributed by atoms with Crippen molar-refractivity contribution in [2.75, 3.05) is 6.61 Å². The molecule has 0 fully saturated rings. The molecule has 7 heteroatoms. The van der Waals surface area contributed by atoms with Crippen molar-refractivity contribution in [1.29, 1.82) is 0 Å². The van der Waals surface area contributed by atoms with Gasteiger partial charge in [-0.05, 0) is 61.0 Å². The first-order chi connectivity index (χ1) is 13.6. The van der Waals surface area contributed by atoms with Crippen molar-refractivity contribution in [3.8, 4) is 0 Å². The van der Waals surface area contributed by atoms with E-state index in [2.05, 4.69) is 0 Å². The third kappa shape index (κ3) is 6.47. The highest BCUT2D eigenvalue weighted by molar-refractivity contribution is 5.97. The van der Waals surface area contributed by atoms with E-state index in [0.29, 0.717) is 0 Å². The van der Waals surface area contributed by atoms with Crippen LogP contribution in [-0.4, -0.2) is 46.4 Å². The number of carbonyl (C=O) groups excluding carboxylic acids is 3. The Morgan fingerprint density at radius 2 is 1.30 bits per heavy atom. The molecule has 0 aromatic heterocycles. The summed E-state index contributed by atoms with van der Waals surface area (Å²) in [5.41, 5.74) is -2.72. The Morgan fingerprint density at radius 1 is 0.867 bits per heavy atom. The lowest BCUT2D eigenvalue weighted by molar-refractivity contribution is -0.157. The fraction of sp³-hybridized carbons (Fsp3) is 0.609. The van der Waals surface area contributed by atoms with E-state index in [-0.39, 0.29) is 6.61 Å². The molecule has 0 saturated heterocycles. The van der Waals surface area contributed by atoms with Gasteiger partial charge in [0.1, 0.15) is 11.2 Å². The minimum atomic E-state index is -1.71. The number of hydrogen-bond acceptors (Lipinski definition) is 6. The van der Waals surface area contributed by atoms with Crippen LogP contribution in [0.4, 0.5) is 9.59 Å². The van der Waals surface area contributed by atoms with Crippen LogP contribution in [-0.2, 0) is 19.0 Å². The summed E-state index contributed by atoms with van der Waals surface area (Å²) in [5, 5.41) is 0. The predicted molar refractivity (Wildman–Crippen MR) is 114 cm³/mol. The highest BCUT2D eigenvalue weighted by Gasteiger charge is 2.54. The SMILES string of the molecule is CCOC(=O)[C@@](C)([C@H](C)c1ccccc1)N(C(=O)OC(C)(C)C)C(=O)OC(C)(C)C. The van der Waals surface area contributed by atoms with Crippen LogP contribution in [0.3, 0.4) is 0 Å². The number of carbonyl (C=O) groups is 3. The quantitative estimate of drug-likeness (QED) is 0.475. The third-order valence-electron chi connectivity index (χ3n) is 4.45. The zero-order valence-corrected chi connectivity index (χ0v) is 19.6. The number of hydrogen-bond donors (Lipinski definition) is 0. The Hall–Kier alpha value is -2.57. The molecule has 1 rings (SSSR count). The lowest BCUT2D eigenvalue weighted by Gasteiger charge is -2.42. The summed E-state index contributed by atoms with van der Waals surface area (Å²) in [6.07, 6.45) is -1.95. The van der Waals surface area contributed by atoms with Gasteiger partial charge < -0.3 is 14.2 Å². The topological polar surface area (TPSA) is 82.1 Å². The van der Waals surface area contributed by atoms with Crippen LogP contribution in [0.5, 0.6) is 0 Å². The van der Waals surface area contributed by atoms with Gasteiger partial charge in [0.25, 0.3) is 0 Å². The molecule has 0 bridgehead atoms. The summed E-state index contributed by atoms with van der Waals surface area (Å²) in [6, 6.07) is 9.14. The van der Waals surface area contributed by atoms with Crippen LogP contribution in [0.2, 0.25) is 0 Å². The number of ether oxygens (including phenoxy) is 3. The largest absolute Gasteiger partial charge is 0.464 e. The zero-order valence-electron chi connectivity index (χ0n) is 19.6. The molecule has 1 aromatic rings. The smallest absolute Gasteiger partial charge is 0.420 e. The summed E-state index contributed by atoms with van der Waals surface area (Å²) < 4.78 is 16.2. The lowest BCUT2D eigenvalue weighted by Crippen LogP contribution is -2.62. The number of esters is 1. The summed E-state index contributed by atoms with van der Waals surface area (Å²) in [4.78, 5) is 40.3. The molecule has 0 saturated carbocycles. The van der Waals surface area contributed by atoms with Gasteiger partial charge >= 0.3 is 18.2 Å². The normalized spacial score (nSPS) is 14.8. The van der Waals surface area contributed by atoms with Gasteiger partial charge in [-0.15, -0.1) is 0 Å². The number of rotatable bonds is 5. The van der Waals surface area contributed by atoms with Crippen molar-refractivity contribution in [1.82, 2.24) is 4.90 Å². The second-order valence-corrected chi connectivity index (χ2v) is 9.30. The van der Waals surface area contributed by atoms with Gasteiger partial charge in [0.2, 0.25) is 0 Å². The Kier molecular flexibility index (Phi) is 8.06. The third-order valence-corrected chi connectivity index (χ3v) is 4.45. The zero-order chi connectivity index (χ0) is 23.3. The van der Waals surface area contributed by atoms with Gasteiger partial charge in [0, 0.05) is 5.92 Å². The minimum absolute atomic E-state index is 0.0897. The van der Waals surface area contributed by atoms with Gasteiger partial charge in [-0.2, -0.15) is 4.90 Å². The average molecular weight is 422 g/mol. The maximum absolute atomic E-state index is 13.2. The molecule has 0 radical (unpaired) electrons. The number of benzene rings is 1. The molecule has 0 aliphatic carbocycles. The van der Waals surface area contributed by atoms with E-state index in [1.807, 2.05) is 30.3 Å². The van der Waals surface area contributed by atoms with Crippen molar-refractivity contribution < 1.29 is 28.6 Å². The molecule has 0 spiro atoms. The summed E-state index contributed by atoms with van der Waals surface area (Å²) in [5.74, 6) is -1.32. The molecule has 0 heterocycles. The first-order valence-electron chi connectivity index (χ1n) is 10.1. The Bertz CT molecular complexity index is 719. The molecule has 0 aliphatic rings. The predicted octanol–water partition coefficient (Wildman–Crippen LogP) is 5.28. The van der Waals surface area contributed by atoms with Crippen molar-refractivity contribution in [2.24, 2.45) is 0 Å². The molecule has 2 atom stereocenters. The van der Waals surface area contributed by atoms with Crippen LogP contribution in [0.1, 0.15) is 73.8 Å². The van der Waals surface area contributed by atoms with Crippen LogP contribution in [0, 0.1) is 0 Å². The lowest BCUT2D eigenvalue weighted by atomic mass is 9.80. The van der Waals surface area contributed by atoms with E-state index < -0.39 is 40.8 Å². The van der Waals surface area contributed by atoms with Crippen molar-refractivity contribution in [2.45, 2.75) is 85.0 Å².